The number of nitrogens with zero attached hydrogens (tertiary/aromatic N) is 8. The van der Waals surface area contributed by atoms with Crippen molar-refractivity contribution in [3.8, 4) is 0 Å². The van der Waals surface area contributed by atoms with Crippen LogP contribution in [-0.4, -0.2) is 55.0 Å². The maximum absolute atomic E-state index is 4.38. The molecule has 31 heavy (non-hydrogen) atoms. The lowest BCUT2D eigenvalue weighted by Crippen LogP contribution is -2.36. The lowest BCUT2D eigenvalue weighted by molar-refractivity contribution is 0.160. The minimum Gasteiger partial charge on any atom is -0.373 e. The van der Waals surface area contributed by atoms with Crippen LogP contribution in [0.15, 0.2) is 78.9 Å². The molecule has 8 nitrogen and oxygen atoms in total. The van der Waals surface area contributed by atoms with Crippen molar-refractivity contribution in [2.45, 2.75) is 13.3 Å². The van der Waals surface area contributed by atoms with Crippen LogP contribution < -0.4 is 4.90 Å². The summed E-state index contributed by atoms with van der Waals surface area (Å²) in [6.07, 6.45) is 0. The number of hydrogen-bond acceptors (Lipinski definition) is 6. The molecule has 156 valence electrons. The van der Waals surface area contributed by atoms with Crippen LogP contribution in [0.2, 0.25) is 0 Å². The van der Waals surface area contributed by atoms with E-state index in [1.54, 1.807) is 0 Å². The van der Waals surface area contributed by atoms with E-state index in [2.05, 4.69) is 73.9 Å². The molecular formula is C23H24N8. The Kier molecular flexibility index (Phi) is 5.28. The fraction of sp³-hybridized carbons (Fsp3) is 0.217. The van der Waals surface area contributed by atoms with Crippen LogP contribution in [0.1, 0.15) is 0 Å². The second-order valence-electron chi connectivity index (χ2n) is 7.59. The zero-order valence-corrected chi connectivity index (χ0v) is 17.4. The van der Waals surface area contributed by atoms with E-state index in [1.165, 1.54) is 5.69 Å². The second kappa shape index (κ2) is 8.53. The average Bonchev–Trinajstić information content (AvgIpc) is 3.42. The van der Waals surface area contributed by atoms with Crippen molar-refractivity contribution in [1.29, 1.82) is 0 Å². The molecule has 0 unspecified atom stereocenters. The van der Waals surface area contributed by atoms with Gasteiger partial charge in [0.1, 0.15) is 11.0 Å². The number of fused-ring (bicyclic) bond motifs is 2. The Morgan fingerprint density at radius 1 is 0.645 bits per heavy atom. The Balaban J connectivity index is 1.39. The van der Waals surface area contributed by atoms with Gasteiger partial charge in [0, 0.05) is 25.8 Å². The van der Waals surface area contributed by atoms with Crippen LogP contribution in [0.4, 0.5) is 5.69 Å². The topological polar surface area (TPSA) is 67.9 Å². The predicted octanol–water partition coefficient (Wildman–Crippen LogP) is 3.23. The maximum Gasteiger partial charge on any atom is 0.113 e. The van der Waals surface area contributed by atoms with Gasteiger partial charge in [0.05, 0.1) is 24.4 Å². The van der Waals surface area contributed by atoms with Crippen molar-refractivity contribution in [2.24, 2.45) is 0 Å². The zero-order chi connectivity index (χ0) is 21.0. The van der Waals surface area contributed by atoms with Gasteiger partial charge in [-0.05, 0) is 36.4 Å². The summed E-state index contributed by atoms with van der Waals surface area (Å²) in [5.41, 5.74) is 5.03. The van der Waals surface area contributed by atoms with Gasteiger partial charge in [-0.25, -0.2) is 9.36 Å². The quantitative estimate of drug-likeness (QED) is 0.390. The molecule has 0 atom stereocenters. The van der Waals surface area contributed by atoms with E-state index >= 15 is 0 Å². The van der Waals surface area contributed by atoms with E-state index in [0.29, 0.717) is 13.3 Å². The van der Waals surface area contributed by atoms with E-state index in [9.17, 15) is 0 Å². The third-order valence-electron chi connectivity index (χ3n) is 5.46. The Labute approximate surface area is 180 Å². The summed E-state index contributed by atoms with van der Waals surface area (Å²) < 4.78 is 3.88. The van der Waals surface area contributed by atoms with Crippen LogP contribution in [0.5, 0.6) is 0 Å². The summed E-state index contributed by atoms with van der Waals surface area (Å²) in [6, 6.07) is 26.5. The highest BCUT2D eigenvalue weighted by atomic mass is 15.5. The lowest BCUT2D eigenvalue weighted by atomic mass is 10.3. The molecule has 0 saturated carbocycles. The highest BCUT2D eigenvalue weighted by Crippen LogP contribution is 2.15. The fourth-order valence-corrected chi connectivity index (χ4v) is 3.71. The Hall–Kier alpha value is -3.78. The third-order valence-corrected chi connectivity index (χ3v) is 5.46. The zero-order valence-electron chi connectivity index (χ0n) is 17.4. The number of aromatic nitrogens is 6. The van der Waals surface area contributed by atoms with Gasteiger partial charge < -0.3 is 4.90 Å². The van der Waals surface area contributed by atoms with Crippen LogP contribution in [0, 0.1) is 0 Å². The van der Waals surface area contributed by atoms with E-state index in [0.717, 1.165) is 35.2 Å². The minimum atomic E-state index is 0.608. The van der Waals surface area contributed by atoms with Gasteiger partial charge in [-0.1, -0.05) is 52.9 Å². The van der Waals surface area contributed by atoms with Crippen LogP contribution in [-0.2, 0) is 13.3 Å². The van der Waals surface area contributed by atoms with Crippen molar-refractivity contribution in [1.82, 2.24) is 34.9 Å². The number of rotatable bonds is 8. The lowest BCUT2D eigenvalue weighted by Gasteiger charge is -2.26. The van der Waals surface area contributed by atoms with Gasteiger partial charge >= 0.3 is 0 Å². The predicted molar refractivity (Wildman–Crippen MR) is 121 cm³/mol. The summed E-state index contributed by atoms with van der Waals surface area (Å²) in [5, 5.41) is 17.4. The summed E-state index contributed by atoms with van der Waals surface area (Å²) in [6.45, 7) is 2.91. The molecule has 0 fully saturated rings. The molecule has 0 aliphatic carbocycles. The molecule has 0 aliphatic heterocycles. The van der Waals surface area contributed by atoms with Crippen molar-refractivity contribution >= 4 is 27.8 Å². The molecule has 2 aromatic heterocycles. The largest absolute Gasteiger partial charge is 0.373 e. The average molecular weight is 413 g/mol. The van der Waals surface area contributed by atoms with Crippen molar-refractivity contribution < 1.29 is 0 Å². The molecule has 3 aromatic carbocycles. The standard InChI is InChI=1S/C23H24N8/c1-28(19-9-3-2-4-10-19)15-16-29(17-30-22-13-7-5-11-20(22)24-26-30)18-31-23-14-8-6-12-21(23)25-27-31/h2-14H,15-18H2,1H3. The van der Waals surface area contributed by atoms with Crippen LogP contribution in [0.25, 0.3) is 22.1 Å². The van der Waals surface area contributed by atoms with E-state index < -0.39 is 0 Å². The molecule has 5 aromatic rings. The van der Waals surface area contributed by atoms with E-state index in [-0.39, 0.29) is 0 Å². The van der Waals surface area contributed by atoms with E-state index in [4.69, 9.17) is 0 Å². The second-order valence-corrected chi connectivity index (χ2v) is 7.59. The summed E-state index contributed by atoms with van der Waals surface area (Å²) >= 11 is 0. The number of benzene rings is 3. The van der Waals surface area contributed by atoms with E-state index in [1.807, 2.05) is 51.8 Å². The monoisotopic (exact) mass is 412 g/mol. The number of anilines is 1. The van der Waals surface area contributed by atoms with Crippen molar-refractivity contribution in [2.75, 3.05) is 25.0 Å². The molecule has 0 saturated heterocycles. The van der Waals surface area contributed by atoms with Gasteiger partial charge in [-0.2, -0.15) is 0 Å². The van der Waals surface area contributed by atoms with Gasteiger partial charge in [-0.3, -0.25) is 4.90 Å². The molecule has 0 bridgehead atoms. The molecule has 0 N–H and O–H groups in total. The molecule has 0 radical (unpaired) electrons. The maximum atomic E-state index is 4.38. The highest BCUT2D eigenvalue weighted by molar-refractivity contribution is 5.74. The van der Waals surface area contributed by atoms with Crippen molar-refractivity contribution in [3.63, 3.8) is 0 Å². The number of hydrogen-bond donors (Lipinski definition) is 0. The third kappa shape index (κ3) is 4.10. The molecular weight excluding hydrogens is 388 g/mol. The van der Waals surface area contributed by atoms with Crippen LogP contribution in [0.3, 0.4) is 0 Å². The first kappa shape index (κ1) is 19.2. The first-order valence-electron chi connectivity index (χ1n) is 10.3. The molecule has 0 aliphatic rings. The fourth-order valence-electron chi connectivity index (χ4n) is 3.71. The molecule has 2 heterocycles. The molecule has 5 rings (SSSR count). The smallest absolute Gasteiger partial charge is 0.113 e. The Bertz CT molecular complexity index is 1200. The SMILES string of the molecule is CN(CCN(Cn1nnc2ccccc21)Cn1nnc2ccccc21)c1ccccc1. The first-order valence-corrected chi connectivity index (χ1v) is 10.3. The van der Waals surface area contributed by atoms with Gasteiger partial charge in [-0.15, -0.1) is 10.2 Å². The van der Waals surface area contributed by atoms with Crippen molar-refractivity contribution in [3.05, 3.63) is 78.9 Å². The van der Waals surface area contributed by atoms with Crippen LogP contribution >= 0.6 is 0 Å². The van der Waals surface area contributed by atoms with Gasteiger partial charge in [0.25, 0.3) is 0 Å². The molecule has 0 amide bonds. The molecule has 0 spiro atoms. The summed E-state index contributed by atoms with van der Waals surface area (Å²) in [4.78, 5) is 4.56. The summed E-state index contributed by atoms with van der Waals surface area (Å²) in [7, 11) is 2.11. The van der Waals surface area contributed by atoms with Gasteiger partial charge in [0.2, 0.25) is 0 Å². The Morgan fingerprint density at radius 3 is 1.74 bits per heavy atom. The summed E-state index contributed by atoms with van der Waals surface area (Å²) in [5.74, 6) is 0. The molecule has 8 heteroatoms. The highest BCUT2D eigenvalue weighted by Gasteiger charge is 2.14. The number of para-hydroxylation sites is 3. The normalized spacial score (nSPS) is 11.5. The number of likely N-dealkylation sites (N-methyl/N-ethyl adjacent to an activating group) is 1. The first-order chi connectivity index (χ1) is 15.3. The van der Waals surface area contributed by atoms with Gasteiger partial charge in [0.15, 0.2) is 0 Å². The Morgan fingerprint density at radius 2 is 1.16 bits per heavy atom. The minimum absolute atomic E-state index is 0.608.